The van der Waals surface area contributed by atoms with Crippen molar-refractivity contribution >= 4 is 16.7 Å². The number of esters is 1. The number of hydrogen-bond acceptors (Lipinski definition) is 4. The largest absolute Gasteiger partial charge is 0.446 e. The number of carbonyl (C=O) groups is 1. The van der Waals surface area contributed by atoms with Crippen LogP contribution < -0.4 is 0 Å². The Morgan fingerprint density at radius 2 is 2.09 bits per heavy atom. The summed E-state index contributed by atoms with van der Waals surface area (Å²) < 4.78 is 25.3. The molecule has 1 atom stereocenters. The van der Waals surface area contributed by atoms with Crippen LogP contribution in [0.5, 0.6) is 0 Å². The zero-order valence-electron chi connectivity index (χ0n) is 6.57. The Balaban J connectivity index is 4.00. The van der Waals surface area contributed by atoms with Crippen molar-refractivity contribution in [2.75, 3.05) is 0 Å². The molecular formula is C6H12O4S. The summed E-state index contributed by atoms with van der Waals surface area (Å²) in [5.41, 5.74) is -0.938. The first-order valence-electron chi connectivity index (χ1n) is 3.38. The van der Waals surface area contributed by atoms with E-state index >= 15 is 0 Å². The van der Waals surface area contributed by atoms with Crippen LogP contribution in [0.2, 0.25) is 0 Å². The van der Waals surface area contributed by atoms with Gasteiger partial charge in [-0.25, -0.2) is 8.42 Å². The molecule has 0 saturated heterocycles. The Morgan fingerprint density at radius 1 is 1.55 bits per heavy atom. The molecule has 0 aliphatic rings. The average Bonchev–Trinajstić information content (AvgIpc) is 1.86. The van der Waals surface area contributed by atoms with Gasteiger partial charge in [0.2, 0.25) is 0 Å². The van der Waals surface area contributed by atoms with E-state index in [2.05, 4.69) is 4.74 Å². The number of hydrogen-bond donors (Lipinski definition) is 1. The van der Waals surface area contributed by atoms with Gasteiger partial charge in [-0.3, -0.25) is 4.79 Å². The van der Waals surface area contributed by atoms with Gasteiger partial charge in [0.15, 0.2) is 16.1 Å². The third kappa shape index (κ3) is 4.78. The topological polar surface area (TPSA) is 60.4 Å². The first-order chi connectivity index (χ1) is 5.07. The van der Waals surface area contributed by atoms with E-state index in [0.29, 0.717) is 12.8 Å². The lowest BCUT2D eigenvalue weighted by Gasteiger charge is -2.07. The van der Waals surface area contributed by atoms with Gasteiger partial charge in [-0.2, -0.15) is 0 Å². The fraction of sp³-hybridized carbons (Fsp3) is 0.833. The van der Waals surface area contributed by atoms with Crippen molar-refractivity contribution in [3.63, 3.8) is 0 Å². The van der Waals surface area contributed by atoms with Gasteiger partial charge >= 0.3 is 5.97 Å². The molecule has 0 radical (unpaired) electrons. The number of thiol groups is 1. The second-order valence-electron chi connectivity index (χ2n) is 2.14. The minimum absolute atomic E-state index is 0.373. The highest BCUT2D eigenvalue weighted by molar-refractivity contribution is 7.73. The predicted octanol–water partition coefficient (Wildman–Crippen LogP) is 0.287. The van der Waals surface area contributed by atoms with Crippen LogP contribution in [0.3, 0.4) is 0 Å². The van der Waals surface area contributed by atoms with Gasteiger partial charge in [0.1, 0.15) is 0 Å². The van der Waals surface area contributed by atoms with Crippen molar-refractivity contribution in [2.45, 2.75) is 32.1 Å². The molecule has 0 rings (SSSR count). The highest BCUT2D eigenvalue weighted by atomic mass is 32.2. The van der Waals surface area contributed by atoms with Gasteiger partial charge < -0.3 is 4.74 Å². The first kappa shape index (κ1) is 10.4. The van der Waals surface area contributed by atoms with E-state index in [0.717, 1.165) is 0 Å². The van der Waals surface area contributed by atoms with E-state index in [9.17, 15) is 13.2 Å². The first-order valence-corrected chi connectivity index (χ1v) is 4.63. The zero-order chi connectivity index (χ0) is 8.85. The monoisotopic (exact) mass is 180 g/mol. The molecule has 0 aliphatic heterocycles. The Hall–Kier alpha value is -0.580. The van der Waals surface area contributed by atoms with Gasteiger partial charge in [-0.15, -0.1) is 0 Å². The zero-order valence-corrected chi connectivity index (χ0v) is 7.47. The Bertz CT molecular complexity index is 189. The predicted molar refractivity (Wildman–Crippen MR) is 40.8 cm³/mol. The Kier molecular flexibility index (Phi) is 4.85. The van der Waals surface area contributed by atoms with Gasteiger partial charge in [0.25, 0.3) is 0 Å². The van der Waals surface area contributed by atoms with Crippen molar-refractivity contribution in [1.29, 1.82) is 0 Å². The van der Waals surface area contributed by atoms with E-state index in [1.165, 1.54) is 6.92 Å². The molecule has 4 nitrogen and oxygen atoms in total. The third-order valence-corrected chi connectivity index (χ3v) is 1.91. The molecule has 0 saturated carbocycles. The van der Waals surface area contributed by atoms with E-state index in [-0.39, 0.29) is 0 Å². The van der Waals surface area contributed by atoms with Gasteiger partial charge in [-0.1, -0.05) is 13.3 Å². The molecule has 0 aromatic heterocycles. The number of carbonyl (C=O) groups excluding carboxylic acids is 1. The van der Waals surface area contributed by atoms with Crippen LogP contribution in [0.4, 0.5) is 0 Å². The standard InChI is InChI=1S/C6H12O4S/c1-3-4-6(11(8)9)10-5(2)7/h6,11H,3-4H2,1-2H3. The maximum Gasteiger partial charge on any atom is 0.303 e. The third-order valence-electron chi connectivity index (χ3n) is 1.07. The summed E-state index contributed by atoms with van der Waals surface area (Å²) in [7, 11) is -2.65. The van der Waals surface area contributed by atoms with E-state index in [1.807, 2.05) is 6.92 Å². The summed E-state index contributed by atoms with van der Waals surface area (Å²) >= 11 is 0. The van der Waals surface area contributed by atoms with Crippen LogP contribution in [0.25, 0.3) is 0 Å². The molecular weight excluding hydrogens is 168 g/mol. The van der Waals surface area contributed by atoms with E-state index in [1.54, 1.807) is 0 Å². The lowest BCUT2D eigenvalue weighted by molar-refractivity contribution is -0.142. The van der Waals surface area contributed by atoms with E-state index in [4.69, 9.17) is 0 Å². The smallest absolute Gasteiger partial charge is 0.303 e. The molecule has 0 aromatic carbocycles. The lowest BCUT2D eigenvalue weighted by Crippen LogP contribution is -2.17. The van der Waals surface area contributed by atoms with Crippen LogP contribution in [-0.2, 0) is 20.2 Å². The molecule has 0 amide bonds. The molecule has 0 aromatic rings. The number of ether oxygens (including phenoxy) is 1. The van der Waals surface area contributed by atoms with E-state index < -0.39 is 22.1 Å². The van der Waals surface area contributed by atoms with Crippen molar-refractivity contribution in [3.05, 3.63) is 0 Å². The Labute approximate surface area is 67.5 Å². The molecule has 5 heteroatoms. The molecule has 0 fully saturated rings. The summed E-state index contributed by atoms with van der Waals surface area (Å²) in [5.74, 6) is -0.553. The second-order valence-corrected chi connectivity index (χ2v) is 3.28. The molecule has 0 aliphatic carbocycles. The van der Waals surface area contributed by atoms with Gasteiger partial charge in [-0.05, 0) is 6.42 Å². The lowest BCUT2D eigenvalue weighted by atomic mass is 10.4. The van der Waals surface area contributed by atoms with Crippen molar-refractivity contribution in [3.8, 4) is 0 Å². The molecule has 0 spiro atoms. The Morgan fingerprint density at radius 3 is 2.36 bits per heavy atom. The molecule has 0 heterocycles. The van der Waals surface area contributed by atoms with Crippen LogP contribution in [0.1, 0.15) is 26.7 Å². The maximum atomic E-state index is 10.4. The number of rotatable bonds is 4. The summed E-state index contributed by atoms with van der Waals surface area (Å²) in [5, 5.41) is 0. The molecule has 0 N–H and O–H groups in total. The van der Waals surface area contributed by atoms with Crippen molar-refractivity contribution in [2.24, 2.45) is 0 Å². The van der Waals surface area contributed by atoms with Crippen LogP contribution in [-0.4, -0.2) is 19.8 Å². The van der Waals surface area contributed by atoms with Crippen LogP contribution in [0, 0.1) is 0 Å². The van der Waals surface area contributed by atoms with Gasteiger partial charge in [0.05, 0.1) is 0 Å². The summed E-state index contributed by atoms with van der Waals surface area (Å²) in [4.78, 5) is 10.3. The molecule has 66 valence electrons. The highest BCUT2D eigenvalue weighted by Crippen LogP contribution is 2.02. The van der Waals surface area contributed by atoms with Gasteiger partial charge in [0, 0.05) is 6.92 Å². The fourth-order valence-electron chi connectivity index (χ4n) is 0.646. The second kappa shape index (κ2) is 5.12. The quantitative estimate of drug-likeness (QED) is 0.499. The minimum Gasteiger partial charge on any atom is -0.446 e. The summed E-state index contributed by atoms with van der Waals surface area (Å²) in [6.45, 7) is 3.02. The molecule has 0 bridgehead atoms. The highest BCUT2D eigenvalue weighted by Gasteiger charge is 2.12. The summed E-state index contributed by atoms with van der Waals surface area (Å²) in [6, 6.07) is 0. The fourth-order valence-corrected chi connectivity index (χ4v) is 1.35. The van der Waals surface area contributed by atoms with Crippen molar-refractivity contribution in [1.82, 2.24) is 0 Å². The molecule has 1 unspecified atom stereocenters. The average molecular weight is 180 g/mol. The SMILES string of the molecule is CCCC(OC(C)=O)[SH](=O)=O. The normalized spacial score (nSPS) is 13.0. The van der Waals surface area contributed by atoms with Crippen molar-refractivity contribution < 1.29 is 17.9 Å². The summed E-state index contributed by atoms with van der Waals surface area (Å²) in [6.07, 6.45) is 1.06. The van der Waals surface area contributed by atoms with Crippen LogP contribution in [0.15, 0.2) is 0 Å². The minimum atomic E-state index is -2.65. The van der Waals surface area contributed by atoms with Crippen LogP contribution >= 0.6 is 0 Å². The molecule has 11 heavy (non-hydrogen) atoms. The maximum absolute atomic E-state index is 10.4.